The van der Waals surface area contributed by atoms with E-state index in [2.05, 4.69) is 22.5 Å². The number of halogens is 1. The maximum absolute atomic E-state index is 11.9. The molecule has 1 aliphatic carbocycles. The predicted octanol–water partition coefficient (Wildman–Crippen LogP) is 1.77. The van der Waals surface area contributed by atoms with Gasteiger partial charge in [0.15, 0.2) is 5.96 Å². The van der Waals surface area contributed by atoms with Gasteiger partial charge in [-0.3, -0.25) is 4.99 Å². The standard InChI is InChI=1S/C15H30N4O2S.HI/c1-3-16-15(17-10-7-13-5-6-13)18-14-8-11-19(12-9-14)22(20,21)4-2;/h13-14H,3-12H2,1-2H3,(H2,16,17,18);1H. The van der Waals surface area contributed by atoms with Gasteiger partial charge in [0.05, 0.1) is 5.75 Å². The number of aliphatic imine (C=N–C) groups is 1. The molecule has 1 aliphatic heterocycles. The molecule has 2 N–H and O–H groups in total. The first kappa shape index (κ1) is 21.0. The average molecular weight is 458 g/mol. The first-order valence-electron chi connectivity index (χ1n) is 8.57. The summed E-state index contributed by atoms with van der Waals surface area (Å²) in [4.78, 5) is 4.63. The highest BCUT2D eigenvalue weighted by molar-refractivity contribution is 14.0. The first-order chi connectivity index (χ1) is 10.5. The molecule has 2 rings (SSSR count). The number of hydrogen-bond donors (Lipinski definition) is 2. The molecule has 0 aromatic carbocycles. The summed E-state index contributed by atoms with van der Waals surface area (Å²) >= 11 is 0. The molecule has 0 atom stereocenters. The topological polar surface area (TPSA) is 73.8 Å². The fourth-order valence-corrected chi connectivity index (χ4v) is 3.87. The van der Waals surface area contributed by atoms with E-state index in [1.807, 2.05) is 0 Å². The van der Waals surface area contributed by atoms with E-state index >= 15 is 0 Å². The van der Waals surface area contributed by atoms with Crippen LogP contribution in [0.1, 0.15) is 46.0 Å². The number of nitrogens with zero attached hydrogens (tertiary/aromatic N) is 2. The number of guanidine groups is 1. The van der Waals surface area contributed by atoms with Gasteiger partial charge < -0.3 is 10.6 Å². The third-order valence-electron chi connectivity index (χ3n) is 4.40. The Labute approximate surface area is 157 Å². The smallest absolute Gasteiger partial charge is 0.213 e. The molecule has 136 valence electrons. The molecule has 0 amide bonds. The highest BCUT2D eigenvalue weighted by Gasteiger charge is 2.27. The monoisotopic (exact) mass is 458 g/mol. The molecule has 0 aromatic heterocycles. The van der Waals surface area contributed by atoms with E-state index in [0.717, 1.165) is 37.8 Å². The molecule has 1 saturated carbocycles. The molecule has 0 radical (unpaired) electrons. The van der Waals surface area contributed by atoms with Crippen molar-refractivity contribution in [1.29, 1.82) is 0 Å². The van der Waals surface area contributed by atoms with E-state index in [4.69, 9.17) is 0 Å². The zero-order valence-electron chi connectivity index (χ0n) is 14.3. The van der Waals surface area contributed by atoms with E-state index in [9.17, 15) is 8.42 Å². The van der Waals surface area contributed by atoms with Crippen molar-refractivity contribution in [1.82, 2.24) is 14.9 Å². The van der Waals surface area contributed by atoms with Gasteiger partial charge in [-0.25, -0.2) is 12.7 Å². The highest BCUT2D eigenvalue weighted by Crippen LogP contribution is 2.32. The van der Waals surface area contributed by atoms with E-state index in [1.165, 1.54) is 19.3 Å². The molecule has 0 spiro atoms. The minimum Gasteiger partial charge on any atom is -0.357 e. The Balaban J connectivity index is 0.00000264. The summed E-state index contributed by atoms with van der Waals surface area (Å²) in [5, 5.41) is 6.74. The van der Waals surface area contributed by atoms with Gasteiger partial charge in [-0.05, 0) is 39.0 Å². The summed E-state index contributed by atoms with van der Waals surface area (Å²) in [6.45, 7) is 6.70. The van der Waals surface area contributed by atoms with E-state index in [1.54, 1.807) is 11.2 Å². The van der Waals surface area contributed by atoms with Crippen molar-refractivity contribution in [3.63, 3.8) is 0 Å². The Morgan fingerprint density at radius 2 is 1.83 bits per heavy atom. The minimum atomic E-state index is -3.04. The molecular formula is C15H31IN4O2S. The second kappa shape index (κ2) is 10.0. The number of rotatable bonds is 7. The Morgan fingerprint density at radius 1 is 1.17 bits per heavy atom. The fourth-order valence-electron chi connectivity index (χ4n) is 2.74. The van der Waals surface area contributed by atoms with Crippen LogP contribution in [0.5, 0.6) is 0 Å². The van der Waals surface area contributed by atoms with Crippen molar-refractivity contribution in [2.24, 2.45) is 10.9 Å². The normalized spacial score (nSPS) is 20.9. The van der Waals surface area contributed by atoms with Crippen LogP contribution in [0.4, 0.5) is 0 Å². The fraction of sp³-hybridized carbons (Fsp3) is 0.933. The molecule has 6 nitrogen and oxygen atoms in total. The molecule has 0 bridgehead atoms. The summed E-state index contributed by atoms with van der Waals surface area (Å²) in [5.41, 5.74) is 0. The molecule has 8 heteroatoms. The van der Waals surface area contributed by atoms with Crippen molar-refractivity contribution >= 4 is 40.0 Å². The van der Waals surface area contributed by atoms with Crippen LogP contribution in [0, 0.1) is 5.92 Å². The lowest BCUT2D eigenvalue weighted by molar-refractivity contribution is 0.306. The largest absolute Gasteiger partial charge is 0.357 e. The molecule has 0 unspecified atom stereocenters. The summed E-state index contributed by atoms with van der Waals surface area (Å²) in [6.07, 6.45) is 5.59. The summed E-state index contributed by atoms with van der Waals surface area (Å²) < 4.78 is 25.3. The molecule has 1 saturated heterocycles. The lowest BCUT2D eigenvalue weighted by Gasteiger charge is -2.32. The number of piperidine rings is 1. The van der Waals surface area contributed by atoms with Crippen LogP contribution in [-0.4, -0.2) is 56.7 Å². The lowest BCUT2D eigenvalue weighted by atomic mass is 10.1. The summed E-state index contributed by atoms with van der Waals surface area (Å²) in [5.74, 6) is 1.96. The molecule has 0 aromatic rings. The maximum atomic E-state index is 11.9. The van der Waals surface area contributed by atoms with Gasteiger partial charge in [-0.2, -0.15) is 0 Å². The van der Waals surface area contributed by atoms with Crippen molar-refractivity contribution in [3.05, 3.63) is 0 Å². The van der Waals surface area contributed by atoms with Crippen molar-refractivity contribution in [3.8, 4) is 0 Å². The van der Waals surface area contributed by atoms with Gasteiger partial charge >= 0.3 is 0 Å². The van der Waals surface area contributed by atoms with E-state index < -0.39 is 10.0 Å². The zero-order valence-corrected chi connectivity index (χ0v) is 17.4. The van der Waals surface area contributed by atoms with Gasteiger partial charge in [-0.1, -0.05) is 12.8 Å². The Morgan fingerprint density at radius 3 is 2.35 bits per heavy atom. The van der Waals surface area contributed by atoms with Crippen molar-refractivity contribution in [2.45, 2.75) is 52.0 Å². The third kappa shape index (κ3) is 7.13. The Hall–Kier alpha value is -0.0900. The predicted molar refractivity (Wildman–Crippen MR) is 106 cm³/mol. The van der Waals surface area contributed by atoms with Crippen LogP contribution in [-0.2, 0) is 10.0 Å². The van der Waals surface area contributed by atoms with Crippen LogP contribution in [0.15, 0.2) is 4.99 Å². The van der Waals surface area contributed by atoms with Crippen molar-refractivity contribution in [2.75, 3.05) is 31.9 Å². The first-order valence-corrected chi connectivity index (χ1v) is 10.2. The van der Waals surface area contributed by atoms with Crippen LogP contribution < -0.4 is 10.6 Å². The van der Waals surface area contributed by atoms with E-state index in [0.29, 0.717) is 19.1 Å². The minimum absolute atomic E-state index is 0. The van der Waals surface area contributed by atoms with Crippen molar-refractivity contribution < 1.29 is 8.42 Å². The van der Waals surface area contributed by atoms with Gasteiger partial charge in [0.25, 0.3) is 0 Å². The molecule has 23 heavy (non-hydrogen) atoms. The number of sulfonamides is 1. The Bertz CT molecular complexity index is 472. The van der Waals surface area contributed by atoms with Gasteiger partial charge in [0.2, 0.25) is 10.0 Å². The van der Waals surface area contributed by atoms with Crippen LogP contribution in [0.2, 0.25) is 0 Å². The van der Waals surface area contributed by atoms with Crippen LogP contribution >= 0.6 is 24.0 Å². The molecule has 2 aliphatic rings. The van der Waals surface area contributed by atoms with Crippen LogP contribution in [0.25, 0.3) is 0 Å². The number of nitrogens with one attached hydrogen (secondary N) is 2. The Kier molecular flexibility index (Phi) is 9.13. The highest BCUT2D eigenvalue weighted by atomic mass is 127. The van der Waals surface area contributed by atoms with Crippen LogP contribution in [0.3, 0.4) is 0 Å². The van der Waals surface area contributed by atoms with Gasteiger partial charge in [0, 0.05) is 32.2 Å². The summed E-state index contributed by atoms with van der Waals surface area (Å²) in [7, 11) is -3.04. The average Bonchev–Trinajstić information content (AvgIpc) is 3.32. The molecule has 1 heterocycles. The van der Waals surface area contributed by atoms with Gasteiger partial charge in [-0.15, -0.1) is 24.0 Å². The molecular weight excluding hydrogens is 427 g/mol. The lowest BCUT2D eigenvalue weighted by Crippen LogP contribution is -2.50. The van der Waals surface area contributed by atoms with E-state index in [-0.39, 0.29) is 29.7 Å². The second-order valence-corrected chi connectivity index (χ2v) is 8.47. The molecule has 2 fully saturated rings. The third-order valence-corrected chi connectivity index (χ3v) is 6.28. The summed E-state index contributed by atoms with van der Waals surface area (Å²) in [6, 6.07) is 0.307. The second-order valence-electron chi connectivity index (χ2n) is 6.21. The quantitative estimate of drug-likeness (QED) is 0.347. The number of hydrogen-bond acceptors (Lipinski definition) is 3. The SMILES string of the molecule is CCNC(=NCCC1CC1)NC1CCN(S(=O)(=O)CC)CC1.I. The maximum Gasteiger partial charge on any atom is 0.213 e. The zero-order chi connectivity index (χ0) is 16.0. The van der Waals surface area contributed by atoms with Gasteiger partial charge in [0.1, 0.15) is 0 Å².